The first-order chi connectivity index (χ1) is 13.1. The minimum Gasteiger partial charge on any atom is -0.291 e. The summed E-state index contributed by atoms with van der Waals surface area (Å²) in [7, 11) is -3.50. The molecule has 1 amide bonds. The average Bonchev–Trinajstić information content (AvgIpc) is 2.70. The third kappa shape index (κ3) is 5.38. The smallest absolute Gasteiger partial charge is 0.243 e. The zero-order valence-corrected chi connectivity index (χ0v) is 16.0. The number of benzene rings is 2. The quantitative estimate of drug-likeness (QED) is 0.715. The van der Waals surface area contributed by atoms with Crippen molar-refractivity contribution in [3.63, 3.8) is 0 Å². The van der Waals surface area contributed by atoms with Crippen molar-refractivity contribution >= 4 is 15.9 Å². The molecule has 1 aliphatic rings. The largest absolute Gasteiger partial charge is 0.291 e. The first kappa shape index (κ1) is 19.5. The third-order valence-electron chi connectivity index (χ3n) is 4.70. The lowest BCUT2D eigenvalue weighted by molar-refractivity contribution is -0.123. The summed E-state index contributed by atoms with van der Waals surface area (Å²) in [6.07, 6.45) is 1.93. The first-order valence-electron chi connectivity index (χ1n) is 9.16. The van der Waals surface area contributed by atoms with Gasteiger partial charge in [-0.2, -0.15) is 4.31 Å². The van der Waals surface area contributed by atoms with E-state index in [0.717, 1.165) is 18.4 Å². The first-order valence-corrected chi connectivity index (χ1v) is 10.6. The standard InChI is InChI=1S/C20H25N3O3S/c24-20(22-21-15-17-8-3-1-4-9-17)14-18-10-7-13-23(16-18)27(25,26)19-11-5-2-6-12-19/h1-6,8-9,11-12,18,21H,7,10,13-16H2,(H,22,24). The molecule has 27 heavy (non-hydrogen) atoms. The van der Waals surface area contributed by atoms with Crippen LogP contribution in [0.3, 0.4) is 0 Å². The van der Waals surface area contributed by atoms with Crippen LogP contribution in [0.4, 0.5) is 0 Å². The van der Waals surface area contributed by atoms with Crippen LogP contribution < -0.4 is 10.9 Å². The van der Waals surface area contributed by atoms with Crippen LogP contribution in [0, 0.1) is 5.92 Å². The van der Waals surface area contributed by atoms with Crippen LogP contribution >= 0.6 is 0 Å². The van der Waals surface area contributed by atoms with Crippen molar-refractivity contribution in [2.24, 2.45) is 5.92 Å². The molecule has 7 heteroatoms. The van der Waals surface area contributed by atoms with E-state index in [2.05, 4.69) is 10.9 Å². The Morgan fingerprint density at radius 1 is 1.04 bits per heavy atom. The summed E-state index contributed by atoms with van der Waals surface area (Å²) >= 11 is 0. The highest BCUT2D eigenvalue weighted by Gasteiger charge is 2.30. The van der Waals surface area contributed by atoms with Crippen LogP contribution in [0.2, 0.25) is 0 Å². The molecular weight excluding hydrogens is 362 g/mol. The highest BCUT2D eigenvalue weighted by molar-refractivity contribution is 7.89. The molecule has 0 bridgehead atoms. The van der Waals surface area contributed by atoms with Crippen molar-refractivity contribution in [3.8, 4) is 0 Å². The summed E-state index contributed by atoms with van der Waals surface area (Å²) in [6.45, 7) is 1.43. The Morgan fingerprint density at radius 2 is 1.70 bits per heavy atom. The lowest BCUT2D eigenvalue weighted by atomic mass is 9.96. The van der Waals surface area contributed by atoms with Gasteiger partial charge in [-0.1, -0.05) is 48.5 Å². The minimum atomic E-state index is -3.50. The van der Waals surface area contributed by atoms with Crippen molar-refractivity contribution in [1.29, 1.82) is 0 Å². The number of carbonyl (C=O) groups excluding carboxylic acids is 1. The maximum atomic E-state index is 12.8. The number of hydrazine groups is 1. The lowest BCUT2D eigenvalue weighted by Gasteiger charge is -2.31. The fraction of sp³-hybridized carbons (Fsp3) is 0.350. The molecule has 0 aliphatic carbocycles. The van der Waals surface area contributed by atoms with Crippen molar-refractivity contribution in [2.75, 3.05) is 13.1 Å². The number of piperidine rings is 1. The molecule has 0 saturated carbocycles. The van der Waals surface area contributed by atoms with Crippen molar-refractivity contribution in [3.05, 3.63) is 66.2 Å². The number of rotatable bonds is 7. The van der Waals surface area contributed by atoms with Gasteiger partial charge in [-0.15, -0.1) is 0 Å². The summed E-state index contributed by atoms with van der Waals surface area (Å²) < 4.78 is 27.0. The highest BCUT2D eigenvalue weighted by atomic mass is 32.2. The normalized spacial score (nSPS) is 18.1. The van der Waals surface area contributed by atoms with Gasteiger partial charge in [-0.25, -0.2) is 13.8 Å². The number of nitrogens with zero attached hydrogens (tertiary/aromatic N) is 1. The topological polar surface area (TPSA) is 78.5 Å². The molecule has 1 unspecified atom stereocenters. The van der Waals surface area contributed by atoms with Gasteiger partial charge >= 0.3 is 0 Å². The summed E-state index contributed by atoms with van der Waals surface area (Å²) in [5.74, 6) is -0.0920. The van der Waals surface area contributed by atoms with Crippen LogP contribution in [-0.4, -0.2) is 31.7 Å². The zero-order valence-electron chi connectivity index (χ0n) is 15.2. The van der Waals surface area contributed by atoms with Crippen molar-refractivity contribution in [1.82, 2.24) is 15.2 Å². The molecular formula is C20H25N3O3S. The maximum Gasteiger partial charge on any atom is 0.243 e. The molecule has 1 heterocycles. The molecule has 0 spiro atoms. The predicted molar refractivity (Wildman–Crippen MR) is 104 cm³/mol. The molecule has 0 radical (unpaired) electrons. The fourth-order valence-electron chi connectivity index (χ4n) is 3.31. The van der Waals surface area contributed by atoms with Gasteiger partial charge in [0.25, 0.3) is 0 Å². The van der Waals surface area contributed by atoms with E-state index in [1.807, 2.05) is 30.3 Å². The van der Waals surface area contributed by atoms with E-state index in [4.69, 9.17) is 0 Å². The molecule has 1 saturated heterocycles. The highest BCUT2D eigenvalue weighted by Crippen LogP contribution is 2.25. The van der Waals surface area contributed by atoms with E-state index in [1.165, 1.54) is 4.31 Å². The Bertz CT molecular complexity index is 841. The van der Waals surface area contributed by atoms with Crippen LogP contribution in [0.1, 0.15) is 24.8 Å². The summed E-state index contributed by atoms with van der Waals surface area (Å²) in [5.41, 5.74) is 6.71. The van der Waals surface area contributed by atoms with Crippen LogP contribution in [0.5, 0.6) is 0 Å². The van der Waals surface area contributed by atoms with Gasteiger partial charge in [0.05, 0.1) is 4.90 Å². The lowest BCUT2D eigenvalue weighted by Crippen LogP contribution is -2.43. The maximum absolute atomic E-state index is 12.8. The van der Waals surface area contributed by atoms with Crippen molar-refractivity contribution < 1.29 is 13.2 Å². The minimum absolute atomic E-state index is 0.0239. The van der Waals surface area contributed by atoms with Gasteiger partial charge in [0, 0.05) is 26.1 Å². The summed E-state index contributed by atoms with van der Waals surface area (Å²) in [6, 6.07) is 18.3. The predicted octanol–water partition coefficient (Wildman–Crippen LogP) is 2.30. The Balaban J connectivity index is 1.50. The zero-order chi connectivity index (χ0) is 19.1. The van der Waals surface area contributed by atoms with E-state index in [0.29, 0.717) is 31.0 Å². The molecule has 144 valence electrons. The van der Waals surface area contributed by atoms with Gasteiger partial charge in [0.2, 0.25) is 15.9 Å². The second-order valence-corrected chi connectivity index (χ2v) is 8.71. The molecule has 1 aliphatic heterocycles. The molecule has 3 rings (SSSR count). The Morgan fingerprint density at radius 3 is 2.41 bits per heavy atom. The number of amides is 1. The van der Waals surface area contributed by atoms with Gasteiger partial charge in [0.15, 0.2) is 0 Å². The Kier molecular flexibility index (Phi) is 6.60. The van der Waals surface area contributed by atoms with Gasteiger partial charge in [-0.05, 0) is 36.5 Å². The molecule has 1 atom stereocenters. The second kappa shape index (κ2) is 9.12. The average molecular weight is 388 g/mol. The Labute approximate surface area is 160 Å². The summed E-state index contributed by atoms with van der Waals surface area (Å²) in [4.78, 5) is 12.5. The van der Waals surface area contributed by atoms with E-state index >= 15 is 0 Å². The van der Waals surface area contributed by atoms with E-state index in [9.17, 15) is 13.2 Å². The molecule has 2 aromatic carbocycles. The number of hydrogen-bond acceptors (Lipinski definition) is 4. The molecule has 2 aromatic rings. The van der Waals surface area contributed by atoms with Gasteiger partial charge in [-0.3, -0.25) is 10.2 Å². The van der Waals surface area contributed by atoms with E-state index < -0.39 is 10.0 Å². The molecule has 0 aromatic heterocycles. The van der Waals surface area contributed by atoms with Crippen LogP contribution in [0.25, 0.3) is 0 Å². The van der Waals surface area contributed by atoms with Crippen LogP contribution in [-0.2, 0) is 21.4 Å². The number of nitrogens with one attached hydrogen (secondary N) is 2. The second-order valence-electron chi connectivity index (χ2n) is 6.78. The van der Waals surface area contributed by atoms with E-state index in [-0.39, 0.29) is 11.8 Å². The number of carbonyl (C=O) groups is 1. The molecule has 1 fully saturated rings. The van der Waals surface area contributed by atoms with Crippen LogP contribution in [0.15, 0.2) is 65.6 Å². The van der Waals surface area contributed by atoms with E-state index in [1.54, 1.807) is 30.3 Å². The van der Waals surface area contributed by atoms with Gasteiger partial charge < -0.3 is 0 Å². The Hall–Kier alpha value is -2.22. The SMILES string of the molecule is O=C(CC1CCCN(S(=O)(=O)c2ccccc2)C1)NNCc1ccccc1. The number of sulfonamides is 1. The third-order valence-corrected chi connectivity index (χ3v) is 6.58. The number of hydrogen-bond donors (Lipinski definition) is 2. The summed E-state index contributed by atoms with van der Waals surface area (Å²) in [5, 5.41) is 0. The fourth-order valence-corrected chi connectivity index (χ4v) is 4.88. The van der Waals surface area contributed by atoms with Gasteiger partial charge in [0.1, 0.15) is 0 Å². The molecule has 2 N–H and O–H groups in total. The van der Waals surface area contributed by atoms with Crippen molar-refractivity contribution in [2.45, 2.75) is 30.7 Å². The molecule has 6 nitrogen and oxygen atoms in total. The monoisotopic (exact) mass is 387 g/mol.